The fraction of sp³-hybridized carbons (Fsp3) is 0.824. The molecule has 0 spiro atoms. The normalized spacial score (nSPS) is 21.2. The van der Waals surface area contributed by atoms with Crippen molar-refractivity contribution in [2.45, 2.75) is 78.2 Å². The first-order chi connectivity index (χ1) is 11.0. The third-order valence-corrected chi connectivity index (χ3v) is 9.67. The van der Waals surface area contributed by atoms with Crippen LogP contribution in [0.1, 0.15) is 76.6 Å². The molecular weight excluding hydrogens is 322 g/mol. The number of hydrogen-bond donors (Lipinski definition) is 0. The van der Waals surface area contributed by atoms with Gasteiger partial charge in [-0.3, -0.25) is 0 Å². The van der Waals surface area contributed by atoms with Crippen molar-refractivity contribution in [3.05, 3.63) is 11.6 Å². The Bertz CT molecular complexity index is 605. The zero-order chi connectivity index (χ0) is 18.3. The van der Waals surface area contributed by atoms with Crippen LogP contribution in [0.3, 0.4) is 0 Å². The van der Waals surface area contributed by atoms with Gasteiger partial charge in [-0.1, -0.05) is 34.6 Å². The monoisotopic (exact) mass is 353 g/mol. The van der Waals surface area contributed by atoms with Crippen molar-refractivity contribution in [3.8, 4) is 0 Å². The third-order valence-electron chi connectivity index (χ3n) is 5.19. The Morgan fingerprint density at radius 3 is 2.50 bits per heavy atom. The second-order valence-electron chi connectivity index (χ2n) is 8.37. The summed E-state index contributed by atoms with van der Waals surface area (Å²) >= 11 is 0. The SMILES string of the molecule is CCOC(=O)c1nc2n(n1)C(C(C)C)CC2O[Si-](C)(C)C(C)(C)C. The molecule has 1 aliphatic heterocycles. The van der Waals surface area contributed by atoms with Gasteiger partial charge in [0, 0.05) is 0 Å². The highest BCUT2D eigenvalue weighted by Crippen LogP contribution is 2.45. The van der Waals surface area contributed by atoms with Crippen LogP contribution >= 0.6 is 0 Å². The zero-order valence-corrected chi connectivity index (χ0v) is 17.2. The van der Waals surface area contributed by atoms with E-state index in [2.05, 4.69) is 57.8 Å². The van der Waals surface area contributed by atoms with Gasteiger partial charge in [0.25, 0.3) is 5.82 Å². The van der Waals surface area contributed by atoms with E-state index >= 15 is 0 Å². The van der Waals surface area contributed by atoms with Crippen molar-refractivity contribution >= 4 is 14.3 Å². The zero-order valence-electron chi connectivity index (χ0n) is 16.2. The Hall–Kier alpha value is -1.21. The Labute approximate surface area is 146 Å². The van der Waals surface area contributed by atoms with Crippen molar-refractivity contribution in [2.75, 3.05) is 6.61 Å². The van der Waals surface area contributed by atoms with E-state index in [4.69, 9.17) is 9.16 Å². The number of ether oxygens (including phenoxy) is 1. The van der Waals surface area contributed by atoms with Gasteiger partial charge < -0.3 is 9.16 Å². The lowest BCUT2D eigenvalue weighted by molar-refractivity contribution is 0.0510. The van der Waals surface area contributed by atoms with Crippen LogP contribution in [-0.4, -0.2) is 35.7 Å². The van der Waals surface area contributed by atoms with E-state index in [1.54, 1.807) is 6.92 Å². The lowest BCUT2D eigenvalue weighted by Gasteiger charge is -2.50. The van der Waals surface area contributed by atoms with Gasteiger partial charge in [-0.2, -0.15) is 0 Å². The molecule has 2 rings (SSSR count). The second-order valence-corrected chi connectivity index (χ2v) is 13.1. The summed E-state index contributed by atoms with van der Waals surface area (Å²) in [5.41, 5.74) is 0. The summed E-state index contributed by atoms with van der Waals surface area (Å²) < 4.78 is 13.5. The Morgan fingerprint density at radius 2 is 2.00 bits per heavy atom. The Balaban J connectivity index is 2.33. The van der Waals surface area contributed by atoms with Crippen molar-refractivity contribution in [1.29, 1.82) is 0 Å². The second kappa shape index (κ2) is 6.59. The predicted octanol–water partition coefficient (Wildman–Crippen LogP) is 4.12. The number of nitrogens with zero attached hydrogens (tertiary/aromatic N) is 3. The smallest absolute Gasteiger partial charge is 0.378 e. The fourth-order valence-electron chi connectivity index (χ4n) is 2.69. The van der Waals surface area contributed by atoms with Crippen molar-refractivity contribution in [2.24, 2.45) is 5.92 Å². The van der Waals surface area contributed by atoms with Crippen LogP contribution in [0.25, 0.3) is 0 Å². The lowest BCUT2D eigenvalue weighted by Crippen LogP contribution is -2.41. The van der Waals surface area contributed by atoms with Gasteiger partial charge in [0.05, 0.1) is 18.8 Å². The highest BCUT2D eigenvalue weighted by molar-refractivity contribution is 6.74. The van der Waals surface area contributed by atoms with E-state index < -0.39 is 14.3 Å². The van der Waals surface area contributed by atoms with Crippen LogP contribution in [0.2, 0.25) is 18.1 Å². The van der Waals surface area contributed by atoms with Crippen LogP contribution in [0.5, 0.6) is 0 Å². The van der Waals surface area contributed by atoms with Gasteiger partial charge in [0.15, 0.2) is 5.82 Å². The molecule has 24 heavy (non-hydrogen) atoms. The highest BCUT2D eigenvalue weighted by atomic mass is 28.4. The third kappa shape index (κ3) is 3.56. The molecule has 0 saturated heterocycles. The first-order valence-electron chi connectivity index (χ1n) is 8.79. The maximum atomic E-state index is 12.0. The van der Waals surface area contributed by atoms with Gasteiger partial charge in [0.2, 0.25) is 0 Å². The van der Waals surface area contributed by atoms with Crippen molar-refractivity contribution in [3.63, 3.8) is 0 Å². The number of esters is 1. The minimum atomic E-state index is -1.93. The molecule has 1 aromatic heterocycles. The quantitative estimate of drug-likeness (QED) is 0.588. The molecule has 6 nitrogen and oxygen atoms in total. The van der Waals surface area contributed by atoms with Crippen molar-refractivity contribution < 1.29 is 14.0 Å². The van der Waals surface area contributed by atoms with Crippen LogP contribution in [0, 0.1) is 5.92 Å². The number of carbonyl (C=O) groups excluding carboxylic acids is 1. The fourth-order valence-corrected chi connectivity index (χ4v) is 3.96. The number of aromatic nitrogens is 3. The van der Waals surface area contributed by atoms with E-state index in [-0.39, 0.29) is 23.0 Å². The summed E-state index contributed by atoms with van der Waals surface area (Å²) in [6, 6.07) is 0.199. The average Bonchev–Trinajstić information content (AvgIpc) is 2.98. The Kier molecular flexibility index (Phi) is 5.25. The molecule has 0 saturated carbocycles. The number of rotatable bonds is 5. The van der Waals surface area contributed by atoms with Gasteiger partial charge in [-0.15, -0.1) is 23.2 Å². The van der Waals surface area contributed by atoms with E-state index in [1.807, 2.05) is 4.68 Å². The summed E-state index contributed by atoms with van der Waals surface area (Å²) in [6.07, 6.45) is 0.761. The molecule has 0 amide bonds. The molecule has 1 aromatic rings. The molecule has 0 N–H and O–H groups in total. The molecule has 0 aliphatic carbocycles. The first-order valence-corrected chi connectivity index (χ1v) is 11.7. The topological polar surface area (TPSA) is 66.2 Å². The Morgan fingerprint density at radius 1 is 1.38 bits per heavy atom. The molecule has 0 radical (unpaired) electrons. The van der Waals surface area contributed by atoms with Crippen LogP contribution in [0.4, 0.5) is 0 Å². The molecule has 0 fully saturated rings. The first kappa shape index (κ1) is 19.1. The van der Waals surface area contributed by atoms with E-state index in [9.17, 15) is 4.79 Å². The van der Waals surface area contributed by atoms with Gasteiger partial charge in [-0.05, 0) is 27.6 Å². The summed E-state index contributed by atoms with van der Waals surface area (Å²) in [5.74, 6) is 0.837. The average molecular weight is 354 g/mol. The van der Waals surface area contributed by atoms with E-state index in [0.717, 1.165) is 12.2 Å². The summed E-state index contributed by atoms with van der Waals surface area (Å²) in [7, 11) is -1.93. The van der Waals surface area contributed by atoms with E-state index in [0.29, 0.717) is 12.5 Å². The van der Waals surface area contributed by atoms with Crippen molar-refractivity contribution in [1.82, 2.24) is 14.8 Å². The van der Waals surface area contributed by atoms with E-state index in [1.165, 1.54) is 0 Å². The number of fused-ring (bicyclic) bond motifs is 1. The number of carbonyl (C=O) groups is 1. The molecule has 137 valence electrons. The summed E-state index contributed by atoms with van der Waals surface area (Å²) in [6.45, 7) is 17.6. The molecule has 7 heteroatoms. The summed E-state index contributed by atoms with van der Waals surface area (Å²) in [5, 5.41) is 4.54. The van der Waals surface area contributed by atoms with Gasteiger partial charge >= 0.3 is 5.97 Å². The molecule has 1 aliphatic rings. The van der Waals surface area contributed by atoms with Crippen LogP contribution in [0.15, 0.2) is 0 Å². The van der Waals surface area contributed by atoms with Crippen LogP contribution in [-0.2, 0) is 9.16 Å². The molecule has 0 bridgehead atoms. The lowest BCUT2D eigenvalue weighted by atomic mass is 10.0. The predicted molar refractivity (Wildman–Crippen MR) is 95.5 cm³/mol. The number of hydrogen-bond acceptors (Lipinski definition) is 5. The molecule has 2 unspecified atom stereocenters. The van der Waals surface area contributed by atoms with Gasteiger partial charge in [-0.25, -0.2) is 14.5 Å². The maximum absolute atomic E-state index is 12.0. The minimum Gasteiger partial charge on any atom is -0.557 e. The molecule has 2 atom stereocenters. The standard InChI is InChI=1S/C17H31N3O3Si/c1-9-22-16(21)14-18-15-13(23-24(7,8)17(4,5)6)10-12(11(2)3)20(15)19-14/h11-13H,9-10H2,1-8H3/q-1. The molecule has 2 heterocycles. The minimum absolute atomic E-state index is 0.103. The van der Waals surface area contributed by atoms with Gasteiger partial charge in [0.1, 0.15) is 0 Å². The molecule has 0 aromatic carbocycles. The van der Waals surface area contributed by atoms with Crippen LogP contribution < -0.4 is 0 Å². The highest BCUT2D eigenvalue weighted by Gasteiger charge is 2.39. The largest absolute Gasteiger partial charge is 0.557 e. The molecular formula is C17H31N3O3Si-. The maximum Gasteiger partial charge on any atom is 0.378 e. The summed E-state index contributed by atoms with van der Waals surface area (Å²) in [4.78, 5) is 16.4.